The lowest BCUT2D eigenvalue weighted by Crippen LogP contribution is -2.20. The van der Waals surface area contributed by atoms with E-state index in [1.807, 2.05) is 0 Å². The Hall–Kier alpha value is -0.610. The quantitative estimate of drug-likeness (QED) is 0.368. The highest BCUT2D eigenvalue weighted by molar-refractivity contribution is 5.74. The molecule has 0 N–H and O–H groups in total. The Balaban J connectivity index is 2.32. The predicted octanol–water partition coefficient (Wildman–Crippen LogP) is -0.120. The smallest absolute Gasteiger partial charge is 0.338 e. The molecule has 0 radical (unpaired) electrons. The number of hydrogen-bond acceptors (Lipinski definition) is 4. The topological polar surface area (TPSA) is 44.8 Å². The van der Waals surface area contributed by atoms with Crippen molar-refractivity contribution < 1.29 is 19.3 Å². The molecule has 0 spiro atoms. The molecule has 0 aromatic carbocycles. The molecule has 0 bridgehead atoms. The van der Waals surface area contributed by atoms with Gasteiger partial charge in [0.2, 0.25) is 0 Å². The molecule has 1 fully saturated rings. The van der Waals surface area contributed by atoms with Crippen LogP contribution in [0.5, 0.6) is 0 Å². The van der Waals surface area contributed by atoms with Gasteiger partial charge >= 0.3 is 5.97 Å². The Morgan fingerprint density at radius 2 is 2.56 bits per heavy atom. The lowest BCUT2D eigenvalue weighted by Gasteiger charge is -2.01. The number of rotatable bonds is 1. The van der Waals surface area contributed by atoms with Crippen LogP contribution in [-0.4, -0.2) is 25.8 Å². The van der Waals surface area contributed by atoms with E-state index in [4.69, 9.17) is 0 Å². The maximum atomic E-state index is 10.6. The number of esters is 1. The van der Waals surface area contributed by atoms with E-state index < -0.39 is 6.10 Å². The normalized spacial score (nSPS) is 26.1. The largest absolute Gasteiger partial charge is 0.467 e. The maximum Gasteiger partial charge on any atom is 0.338 e. The van der Waals surface area contributed by atoms with Gasteiger partial charge in [0.05, 0.1) is 13.7 Å². The number of carbonyl (C=O) groups is 1. The summed E-state index contributed by atoms with van der Waals surface area (Å²) in [6.07, 6.45) is 0.0853. The van der Waals surface area contributed by atoms with Crippen molar-refractivity contribution in [3.05, 3.63) is 0 Å². The second-order valence-corrected chi connectivity index (χ2v) is 1.72. The van der Waals surface area contributed by atoms with Crippen LogP contribution in [0, 0.1) is 0 Å². The molecular weight excluding hydrogens is 124 g/mol. The molecule has 1 unspecified atom stereocenters. The first-order chi connectivity index (χ1) is 4.34. The van der Waals surface area contributed by atoms with E-state index in [9.17, 15) is 4.79 Å². The number of methoxy groups -OCH3 is 1. The van der Waals surface area contributed by atoms with Crippen LogP contribution in [0.2, 0.25) is 0 Å². The van der Waals surface area contributed by atoms with Gasteiger partial charge in [0.15, 0.2) is 6.10 Å². The van der Waals surface area contributed by atoms with Crippen LogP contribution < -0.4 is 0 Å². The highest BCUT2D eigenvalue weighted by Gasteiger charge is 2.25. The number of ether oxygens (including phenoxy) is 1. The molecule has 0 aromatic heterocycles. The van der Waals surface area contributed by atoms with Crippen LogP contribution in [-0.2, 0) is 19.3 Å². The zero-order valence-electron chi connectivity index (χ0n) is 5.12. The average molecular weight is 132 g/mol. The summed E-state index contributed by atoms with van der Waals surface area (Å²) in [6, 6.07) is 0. The average Bonchev–Trinajstić information content (AvgIpc) is 2.37. The first-order valence-electron chi connectivity index (χ1n) is 2.70. The Morgan fingerprint density at radius 1 is 1.78 bits per heavy atom. The molecule has 0 amide bonds. The van der Waals surface area contributed by atoms with Crippen molar-refractivity contribution >= 4 is 5.97 Å². The van der Waals surface area contributed by atoms with E-state index in [2.05, 4.69) is 14.5 Å². The number of carbonyl (C=O) groups excluding carboxylic acids is 1. The molecular formula is C5H8O4. The Bertz CT molecular complexity index is 106. The minimum atomic E-state index is -0.505. The van der Waals surface area contributed by atoms with Crippen molar-refractivity contribution in [2.45, 2.75) is 12.5 Å². The van der Waals surface area contributed by atoms with Gasteiger partial charge in [0.25, 0.3) is 0 Å². The first kappa shape index (κ1) is 6.51. The molecule has 9 heavy (non-hydrogen) atoms. The van der Waals surface area contributed by atoms with Crippen LogP contribution in [0.15, 0.2) is 0 Å². The Kier molecular flexibility index (Phi) is 2.02. The Morgan fingerprint density at radius 3 is 3.00 bits per heavy atom. The van der Waals surface area contributed by atoms with Crippen LogP contribution in [0.25, 0.3) is 0 Å². The minimum Gasteiger partial charge on any atom is -0.467 e. The lowest BCUT2D eigenvalue weighted by molar-refractivity contribution is -0.273. The minimum absolute atomic E-state index is 0.368. The monoisotopic (exact) mass is 132 g/mol. The molecule has 1 saturated heterocycles. The molecule has 0 aliphatic carbocycles. The summed E-state index contributed by atoms with van der Waals surface area (Å²) in [5.74, 6) is -0.368. The van der Waals surface area contributed by atoms with Gasteiger partial charge in [-0.15, -0.1) is 0 Å². The second-order valence-electron chi connectivity index (χ2n) is 1.72. The van der Waals surface area contributed by atoms with E-state index in [-0.39, 0.29) is 5.97 Å². The van der Waals surface area contributed by atoms with Crippen molar-refractivity contribution in [1.82, 2.24) is 0 Å². The summed E-state index contributed by atoms with van der Waals surface area (Å²) in [7, 11) is 1.32. The van der Waals surface area contributed by atoms with Gasteiger partial charge in [0.1, 0.15) is 0 Å². The first-order valence-corrected chi connectivity index (χ1v) is 2.70. The zero-order chi connectivity index (χ0) is 6.69. The third-order valence-corrected chi connectivity index (χ3v) is 1.11. The lowest BCUT2D eigenvalue weighted by atomic mass is 10.3. The van der Waals surface area contributed by atoms with Gasteiger partial charge in [-0.3, -0.25) is 0 Å². The zero-order valence-corrected chi connectivity index (χ0v) is 5.12. The predicted molar refractivity (Wildman–Crippen MR) is 27.5 cm³/mol. The van der Waals surface area contributed by atoms with Crippen molar-refractivity contribution in [2.24, 2.45) is 0 Å². The van der Waals surface area contributed by atoms with E-state index in [1.165, 1.54) is 7.11 Å². The van der Waals surface area contributed by atoms with Gasteiger partial charge in [-0.1, -0.05) is 0 Å². The van der Waals surface area contributed by atoms with E-state index in [1.54, 1.807) is 0 Å². The molecule has 1 aliphatic rings. The van der Waals surface area contributed by atoms with E-state index in [0.29, 0.717) is 13.0 Å². The molecule has 0 saturated carbocycles. The highest BCUT2D eigenvalue weighted by Crippen LogP contribution is 2.09. The number of hydrogen-bond donors (Lipinski definition) is 0. The van der Waals surface area contributed by atoms with E-state index in [0.717, 1.165) is 0 Å². The maximum absolute atomic E-state index is 10.6. The third-order valence-electron chi connectivity index (χ3n) is 1.11. The van der Waals surface area contributed by atoms with Gasteiger partial charge < -0.3 is 4.74 Å². The fraction of sp³-hybridized carbons (Fsp3) is 0.800. The molecule has 1 atom stereocenters. The summed E-state index contributed by atoms with van der Waals surface area (Å²) < 4.78 is 4.39. The summed E-state index contributed by atoms with van der Waals surface area (Å²) in [4.78, 5) is 19.6. The van der Waals surface area contributed by atoms with Crippen LogP contribution in [0.3, 0.4) is 0 Å². The van der Waals surface area contributed by atoms with Gasteiger partial charge in [-0.2, -0.15) is 0 Å². The fourth-order valence-corrected chi connectivity index (χ4v) is 0.622. The van der Waals surface area contributed by atoms with E-state index >= 15 is 0 Å². The van der Waals surface area contributed by atoms with Gasteiger partial charge in [-0.05, 0) is 0 Å². The molecule has 0 aromatic rings. The molecule has 4 heteroatoms. The van der Waals surface area contributed by atoms with Crippen molar-refractivity contribution in [1.29, 1.82) is 0 Å². The Labute approximate surface area is 52.6 Å². The van der Waals surface area contributed by atoms with Gasteiger partial charge in [-0.25, -0.2) is 14.6 Å². The van der Waals surface area contributed by atoms with Crippen molar-refractivity contribution in [3.8, 4) is 0 Å². The van der Waals surface area contributed by atoms with Crippen LogP contribution >= 0.6 is 0 Å². The van der Waals surface area contributed by atoms with Gasteiger partial charge in [0, 0.05) is 6.42 Å². The third kappa shape index (κ3) is 1.40. The van der Waals surface area contributed by atoms with Crippen molar-refractivity contribution in [3.63, 3.8) is 0 Å². The van der Waals surface area contributed by atoms with Crippen molar-refractivity contribution in [2.75, 3.05) is 13.7 Å². The fourth-order valence-electron chi connectivity index (χ4n) is 0.622. The standard InChI is InChI=1S/C5H8O4/c1-7-5(6)4-2-3-8-9-4/h4H,2-3H2,1H3. The molecule has 52 valence electrons. The highest BCUT2D eigenvalue weighted by atomic mass is 17.2. The van der Waals surface area contributed by atoms with Crippen LogP contribution in [0.1, 0.15) is 6.42 Å². The molecule has 1 heterocycles. The molecule has 1 rings (SSSR count). The molecule has 4 nitrogen and oxygen atoms in total. The van der Waals surface area contributed by atoms with Crippen LogP contribution in [0.4, 0.5) is 0 Å². The molecule has 1 aliphatic heterocycles. The SMILES string of the molecule is COC(=O)C1CCOO1. The summed E-state index contributed by atoms with van der Waals surface area (Å²) in [5, 5.41) is 0. The summed E-state index contributed by atoms with van der Waals surface area (Å²) in [6.45, 7) is 0.472. The summed E-state index contributed by atoms with van der Waals surface area (Å²) in [5.41, 5.74) is 0. The summed E-state index contributed by atoms with van der Waals surface area (Å²) >= 11 is 0. The second kappa shape index (κ2) is 2.80.